The Labute approximate surface area is 117 Å². The molecule has 2 N–H and O–H groups in total. The predicted octanol–water partition coefficient (Wildman–Crippen LogP) is 2.85. The molecule has 1 amide bonds. The van der Waals surface area contributed by atoms with Crippen LogP contribution < -0.4 is 10.6 Å². The number of rotatable bonds is 5. The van der Waals surface area contributed by atoms with Gasteiger partial charge in [0.1, 0.15) is 0 Å². The minimum Gasteiger partial charge on any atom is -0.353 e. The molecular formula is C16H30N2O. The van der Waals surface area contributed by atoms with Gasteiger partial charge in [0.25, 0.3) is 0 Å². The lowest BCUT2D eigenvalue weighted by Crippen LogP contribution is -2.39. The number of nitrogens with one attached hydrogen (secondary N) is 2. The van der Waals surface area contributed by atoms with Crippen molar-refractivity contribution in [2.24, 2.45) is 11.8 Å². The average molecular weight is 266 g/mol. The number of hydrogen-bond acceptors (Lipinski definition) is 2. The van der Waals surface area contributed by atoms with Crippen LogP contribution in [0.3, 0.4) is 0 Å². The molecular weight excluding hydrogens is 236 g/mol. The predicted molar refractivity (Wildman–Crippen MR) is 79.0 cm³/mol. The summed E-state index contributed by atoms with van der Waals surface area (Å²) in [6.45, 7) is 4.44. The second kappa shape index (κ2) is 7.88. The van der Waals surface area contributed by atoms with Gasteiger partial charge in [-0.25, -0.2) is 0 Å². The van der Waals surface area contributed by atoms with E-state index in [0.29, 0.717) is 17.9 Å². The van der Waals surface area contributed by atoms with Gasteiger partial charge in [0.2, 0.25) is 5.91 Å². The molecule has 110 valence electrons. The quantitative estimate of drug-likeness (QED) is 0.803. The van der Waals surface area contributed by atoms with Gasteiger partial charge in [0.05, 0.1) is 0 Å². The molecule has 0 aromatic heterocycles. The molecule has 1 aliphatic carbocycles. The van der Waals surface area contributed by atoms with Crippen molar-refractivity contribution in [1.29, 1.82) is 0 Å². The molecule has 3 heteroatoms. The molecule has 2 fully saturated rings. The summed E-state index contributed by atoms with van der Waals surface area (Å²) in [6, 6.07) is 0.460. The number of hydrogen-bond donors (Lipinski definition) is 2. The first-order chi connectivity index (χ1) is 9.28. The molecule has 1 aliphatic heterocycles. The smallest absolute Gasteiger partial charge is 0.220 e. The van der Waals surface area contributed by atoms with Gasteiger partial charge < -0.3 is 10.6 Å². The zero-order valence-corrected chi connectivity index (χ0v) is 12.4. The molecule has 0 unspecified atom stereocenters. The highest BCUT2D eigenvalue weighted by Gasteiger charge is 2.23. The van der Waals surface area contributed by atoms with Crippen molar-refractivity contribution in [3.63, 3.8) is 0 Å². The summed E-state index contributed by atoms with van der Waals surface area (Å²) in [5.41, 5.74) is 0. The van der Waals surface area contributed by atoms with E-state index in [1.165, 1.54) is 38.5 Å². The molecule has 1 saturated carbocycles. The topological polar surface area (TPSA) is 41.1 Å². The Balaban J connectivity index is 1.63. The number of piperidine rings is 1. The molecule has 0 atom stereocenters. The van der Waals surface area contributed by atoms with Crippen LogP contribution in [0.4, 0.5) is 0 Å². The zero-order valence-electron chi connectivity index (χ0n) is 12.4. The minimum absolute atomic E-state index is 0.297. The fraction of sp³-hybridized carbons (Fsp3) is 0.938. The molecule has 0 aromatic rings. The monoisotopic (exact) mass is 266 g/mol. The van der Waals surface area contributed by atoms with Gasteiger partial charge in [-0.1, -0.05) is 19.8 Å². The van der Waals surface area contributed by atoms with E-state index in [1.54, 1.807) is 0 Å². The normalized spacial score (nSPS) is 29.1. The molecule has 0 bridgehead atoms. The van der Waals surface area contributed by atoms with Crippen molar-refractivity contribution in [3.8, 4) is 0 Å². The SMILES string of the molecule is CCCC1CCC(NC(=O)CC2CCNCC2)CC1. The van der Waals surface area contributed by atoms with Crippen LogP contribution in [-0.2, 0) is 4.79 Å². The average Bonchev–Trinajstić information content (AvgIpc) is 2.42. The first kappa shape index (κ1) is 14.8. The third-order valence-corrected chi connectivity index (χ3v) is 4.84. The molecule has 2 aliphatic rings. The van der Waals surface area contributed by atoms with Crippen LogP contribution in [-0.4, -0.2) is 25.0 Å². The van der Waals surface area contributed by atoms with Crippen LogP contribution in [0.1, 0.15) is 64.7 Å². The Hall–Kier alpha value is -0.570. The van der Waals surface area contributed by atoms with E-state index in [4.69, 9.17) is 0 Å². The second-order valence-corrected chi connectivity index (χ2v) is 6.47. The van der Waals surface area contributed by atoms with Crippen LogP contribution in [0.2, 0.25) is 0 Å². The number of carbonyl (C=O) groups excluding carboxylic acids is 1. The summed E-state index contributed by atoms with van der Waals surface area (Å²) in [5, 5.41) is 6.62. The molecule has 0 spiro atoms. The Kier molecular flexibility index (Phi) is 6.15. The first-order valence-electron chi connectivity index (χ1n) is 8.28. The van der Waals surface area contributed by atoms with E-state index in [0.717, 1.165) is 38.3 Å². The minimum atomic E-state index is 0.297. The van der Waals surface area contributed by atoms with E-state index in [-0.39, 0.29) is 0 Å². The van der Waals surface area contributed by atoms with Crippen molar-refractivity contribution in [2.45, 2.75) is 70.8 Å². The summed E-state index contributed by atoms with van der Waals surface area (Å²) in [5.74, 6) is 1.83. The van der Waals surface area contributed by atoms with Gasteiger partial charge >= 0.3 is 0 Å². The lowest BCUT2D eigenvalue weighted by atomic mass is 9.83. The summed E-state index contributed by atoms with van der Waals surface area (Å²) in [6.07, 6.45) is 10.8. The Bertz CT molecular complexity index is 266. The third-order valence-electron chi connectivity index (χ3n) is 4.84. The molecule has 0 aromatic carbocycles. The molecule has 1 saturated heterocycles. The van der Waals surface area contributed by atoms with Gasteiger partial charge in [-0.2, -0.15) is 0 Å². The largest absolute Gasteiger partial charge is 0.353 e. The lowest BCUT2D eigenvalue weighted by Gasteiger charge is -2.30. The van der Waals surface area contributed by atoms with Crippen molar-refractivity contribution < 1.29 is 4.79 Å². The number of carbonyl (C=O) groups is 1. The van der Waals surface area contributed by atoms with Crippen LogP contribution in [0.25, 0.3) is 0 Å². The van der Waals surface area contributed by atoms with E-state index in [9.17, 15) is 4.79 Å². The van der Waals surface area contributed by atoms with Gasteiger partial charge in [-0.05, 0) is 63.5 Å². The van der Waals surface area contributed by atoms with Crippen LogP contribution in [0.5, 0.6) is 0 Å². The van der Waals surface area contributed by atoms with E-state index in [1.807, 2.05) is 0 Å². The maximum Gasteiger partial charge on any atom is 0.220 e. The van der Waals surface area contributed by atoms with Crippen molar-refractivity contribution in [1.82, 2.24) is 10.6 Å². The standard InChI is InChI=1S/C16H30N2O/c1-2-3-13-4-6-15(7-5-13)18-16(19)12-14-8-10-17-11-9-14/h13-15,17H,2-12H2,1H3,(H,18,19). The molecule has 1 heterocycles. The Morgan fingerprint density at radius 2 is 1.74 bits per heavy atom. The maximum atomic E-state index is 12.1. The Morgan fingerprint density at radius 3 is 2.37 bits per heavy atom. The number of amides is 1. The van der Waals surface area contributed by atoms with Crippen LogP contribution >= 0.6 is 0 Å². The summed E-state index contributed by atoms with van der Waals surface area (Å²) in [4.78, 5) is 12.1. The Morgan fingerprint density at radius 1 is 1.05 bits per heavy atom. The zero-order chi connectivity index (χ0) is 13.5. The first-order valence-corrected chi connectivity index (χ1v) is 8.28. The highest BCUT2D eigenvalue weighted by Crippen LogP contribution is 2.28. The fourth-order valence-corrected chi connectivity index (χ4v) is 3.64. The third kappa shape index (κ3) is 5.13. The van der Waals surface area contributed by atoms with Crippen molar-refractivity contribution >= 4 is 5.91 Å². The second-order valence-electron chi connectivity index (χ2n) is 6.47. The van der Waals surface area contributed by atoms with Gasteiger partial charge in [-0.15, -0.1) is 0 Å². The van der Waals surface area contributed by atoms with E-state index in [2.05, 4.69) is 17.6 Å². The highest BCUT2D eigenvalue weighted by molar-refractivity contribution is 5.76. The summed E-state index contributed by atoms with van der Waals surface area (Å²) < 4.78 is 0. The molecule has 0 radical (unpaired) electrons. The van der Waals surface area contributed by atoms with Gasteiger partial charge in [-0.3, -0.25) is 4.79 Å². The molecule has 2 rings (SSSR count). The lowest BCUT2D eigenvalue weighted by molar-refractivity contribution is -0.123. The van der Waals surface area contributed by atoms with Crippen LogP contribution in [0, 0.1) is 11.8 Å². The summed E-state index contributed by atoms with van der Waals surface area (Å²) in [7, 11) is 0. The van der Waals surface area contributed by atoms with Crippen molar-refractivity contribution in [2.75, 3.05) is 13.1 Å². The van der Waals surface area contributed by atoms with E-state index < -0.39 is 0 Å². The molecule has 19 heavy (non-hydrogen) atoms. The van der Waals surface area contributed by atoms with E-state index >= 15 is 0 Å². The van der Waals surface area contributed by atoms with Crippen LogP contribution in [0.15, 0.2) is 0 Å². The van der Waals surface area contributed by atoms with Crippen molar-refractivity contribution in [3.05, 3.63) is 0 Å². The highest BCUT2D eigenvalue weighted by atomic mass is 16.1. The summed E-state index contributed by atoms with van der Waals surface area (Å²) >= 11 is 0. The fourth-order valence-electron chi connectivity index (χ4n) is 3.64. The maximum absolute atomic E-state index is 12.1. The van der Waals surface area contributed by atoms with Gasteiger partial charge in [0, 0.05) is 12.5 Å². The van der Waals surface area contributed by atoms with Gasteiger partial charge in [0.15, 0.2) is 0 Å². The molecule has 3 nitrogen and oxygen atoms in total.